The SMILES string of the molecule is CCCCC(CC)NCCNC(=O)OC(C)(C)C. The third-order valence-electron chi connectivity index (χ3n) is 2.63. The number of nitrogens with one attached hydrogen (secondary N) is 2. The van der Waals surface area contributed by atoms with Crippen molar-refractivity contribution in [1.29, 1.82) is 0 Å². The standard InChI is InChI=1S/C14H30N2O2/c1-6-8-9-12(7-2)15-10-11-16-13(17)18-14(3,4)5/h12,15H,6-11H2,1-5H3,(H,16,17). The van der Waals surface area contributed by atoms with Crippen molar-refractivity contribution in [2.24, 2.45) is 0 Å². The van der Waals surface area contributed by atoms with Gasteiger partial charge in [0, 0.05) is 19.1 Å². The maximum Gasteiger partial charge on any atom is 0.407 e. The van der Waals surface area contributed by atoms with Crippen LogP contribution in [0.5, 0.6) is 0 Å². The van der Waals surface area contributed by atoms with Crippen LogP contribution in [0.4, 0.5) is 4.79 Å². The van der Waals surface area contributed by atoms with Crippen LogP contribution in [0.2, 0.25) is 0 Å². The van der Waals surface area contributed by atoms with Crippen LogP contribution < -0.4 is 10.6 Å². The average molecular weight is 258 g/mol. The number of ether oxygens (including phenoxy) is 1. The Morgan fingerprint density at radius 3 is 2.39 bits per heavy atom. The molecule has 0 saturated heterocycles. The molecule has 0 bridgehead atoms. The summed E-state index contributed by atoms with van der Waals surface area (Å²) in [5, 5.41) is 6.20. The Morgan fingerprint density at radius 2 is 1.89 bits per heavy atom. The summed E-state index contributed by atoms with van der Waals surface area (Å²) in [7, 11) is 0. The van der Waals surface area contributed by atoms with Gasteiger partial charge in [-0.15, -0.1) is 0 Å². The number of hydrogen-bond donors (Lipinski definition) is 2. The molecule has 2 N–H and O–H groups in total. The molecular weight excluding hydrogens is 228 g/mol. The van der Waals surface area contributed by atoms with E-state index in [1.165, 1.54) is 19.3 Å². The fourth-order valence-corrected chi connectivity index (χ4v) is 1.66. The number of alkyl carbamates (subject to hydrolysis) is 1. The van der Waals surface area contributed by atoms with Crippen molar-refractivity contribution in [2.45, 2.75) is 71.9 Å². The summed E-state index contributed by atoms with van der Waals surface area (Å²) in [6, 6.07) is 0.561. The van der Waals surface area contributed by atoms with E-state index in [1.807, 2.05) is 20.8 Å². The number of unbranched alkanes of at least 4 members (excludes halogenated alkanes) is 1. The normalized spacial score (nSPS) is 13.2. The van der Waals surface area contributed by atoms with Gasteiger partial charge in [0.15, 0.2) is 0 Å². The first-order valence-corrected chi connectivity index (χ1v) is 7.09. The van der Waals surface area contributed by atoms with Gasteiger partial charge in [0.25, 0.3) is 0 Å². The third kappa shape index (κ3) is 10.4. The number of carbonyl (C=O) groups excluding carboxylic acids is 1. The molecule has 0 rings (SSSR count). The smallest absolute Gasteiger partial charge is 0.407 e. The first-order chi connectivity index (χ1) is 8.39. The third-order valence-corrected chi connectivity index (χ3v) is 2.63. The highest BCUT2D eigenvalue weighted by molar-refractivity contribution is 5.67. The summed E-state index contributed by atoms with van der Waals surface area (Å²) in [6.07, 6.45) is 4.48. The van der Waals surface area contributed by atoms with Gasteiger partial charge in [0.05, 0.1) is 0 Å². The summed E-state index contributed by atoms with van der Waals surface area (Å²) in [4.78, 5) is 11.4. The van der Waals surface area contributed by atoms with Gasteiger partial charge in [-0.3, -0.25) is 0 Å². The summed E-state index contributed by atoms with van der Waals surface area (Å²) in [5.41, 5.74) is -0.426. The maximum atomic E-state index is 11.4. The van der Waals surface area contributed by atoms with E-state index in [2.05, 4.69) is 24.5 Å². The summed E-state index contributed by atoms with van der Waals surface area (Å²) >= 11 is 0. The van der Waals surface area contributed by atoms with Gasteiger partial charge < -0.3 is 15.4 Å². The van der Waals surface area contributed by atoms with E-state index in [0.29, 0.717) is 12.6 Å². The van der Waals surface area contributed by atoms with Crippen LogP contribution in [0.25, 0.3) is 0 Å². The zero-order valence-electron chi connectivity index (χ0n) is 12.6. The molecule has 0 aliphatic heterocycles. The molecular formula is C14H30N2O2. The predicted molar refractivity (Wildman–Crippen MR) is 75.8 cm³/mol. The molecule has 0 aromatic carbocycles. The van der Waals surface area contributed by atoms with Crippen LogP contribution in [0.15, 0.2) is 0 Å². The molecule has 0 aliphatic carbocycles. The number of carbonyl (C=O) groups is 1. The molecule has 1 atom stereocenters. The summed E-state index contributed by atoms with van der Waals surface area (Å²) in [5.74, 6) is 0. The molecule has 0 radical (unpaired) electrons. The van der Waals surface area contributed by atoms with Gasteiger partial charge >= 0.3 is 6.09 Å². The van der Waals surface area contributed by atoms with Gasteiger partial charge in [-0.05, 0) is 33.6 Å². The second-order valence-electron chi connectivity index (χ2n) is 5.63. The van der Waals surface area contributed by atoms with E-state index in [0.717, 1.165) is 13.0 Å². The fourth-order valence-electron chi connectivity index (χ4n) is 1.66. The van der Waals surface area contributed by atoms with Crippen molar-refractivity contribution in [1.82, 2.24) is 10.6 Å². The lowest BCUT2D eigenvalue weighted by atomic mass is 10.1. The molecule has 0 fully saturated rings. The van der Waals surface area contributed by atoms with Crippen LogP contribution in [-0.4, -0.2) is 30.8 Å². The summed E-state index contributed by atoms with van der Waals surface area (Å²) < 4.78 is 5.16. The number of amides is 1. The molecule has 0 aromatic heterocycles. The van der Waals surface area contributed by atoms with Crippen LogP contribution >= 0.6 is 0 Å². The Morgan fingerprint density at radius 1 is 1.22 bits per heavy atom. The first kappa shape index (κ1) is 17.2. The van der Waals surface area contributed by atoms with Crippen LogP contribution in [-0.2, 0) is 4.74 Å². The fraction of sp³-hybridized carbons (Fsp3) is 0.929. The van der Waals surface area contributed by atoms with Crippen molar-refractivity contribution in [2.75, 3.05) is 13.1 Å². The zero-order valence-corrected chi connectivity index (χ0v) is 12.6. The molecule has 4 nitrogen and oxygen atoms in total. The van der Waals surface area contributed by atoms with E-state index in [9.17, 15) is 4.79 Å². The molecule has 0 aliphatic rings. The van der Waals surface area contributed by atoms with Gasteiger partial charge in [-0.1, -0.05) is 26.7 Å². The number of rotatable bonds is 8. The second kappa shape index (κ2) is 9.20. The lowest BCUT2D eigenvalue weighted by Crippen LogP contribution is -2.39. The Hall–Kier alpha value is -0.770. The van der Waals surface area contributed by atoms with Crippen molar-refractivity contribution in [3.63, 3.8) is 0 Å². The lowest BCUT2D eigenvalue weighted by molar-refractivity contribution is 0.0528. The van der Waals surface area contributed by atoms with Gasteiger partial charge in [-0.2, -0.15) is 0 Å². The van der Waals surface area contributed by atoms with Crippen LogP contribution in [0.1, 0.15) is 60.3 Å². The molecule has 0 saturated carbocycles. The molecule has 1 amide bonds. The minimum absolute atomic E-state index is 0.342. The Labute approximate surface area is 112 Å². The highest BCUT2D eigenvalue weighted by atomic mass is 16.6. The molecule has 0 spiro atoms. The van der Waals surface area contributed by atoms with E-state index < -0.39 is 5.60 Å². The van der Waals surface area contributed by atoms with Crippen molar-refractivity contribution < 1.29 is 9.53 Å². The molecule has 18 heavy (non-hydrogen) atoms. The van der Waals surface area contributed by atoms with Gasteiger partial charge in [-0.25, -0.2) is 4.79 Å². The van der Waals surface area contributed by atoms with Gasteiger partial charge in [0.1, 0.15) is 5.60 Å². The van der Waals surface area contributed by atoms with Crippen LogP contribution in [0, 0.1) is 0 Å². The van der Waals surface area contributed by atoms with Gasteiger partial charge in [0.2, 0.25) is 0 Å². The predicted octanol–water partition coefficient (Wildman–Crippen LogP) is 3.07. The van der Waals surface area contributed by atoms with Crippen molar-refractivity contribution in [3.8, 4) is 0 Å². The zero-order chi connectivity index (χ0) is 14.0. The highest BCUT2D eigenvalue weighted by Crippen LogP contribution is 2.06. The molecule has 0 heterocycles. The largest absolute Gasteiger partial charge is 0.444 e. The Bertz CT molecular complexity index is 224. The minimum Gasteiger partial charge on any atom is -0.444 e. The van der Waals surface area contributed by atoms with E-state index in [4.69, 9.17) is 4.74 Å². The molecule has 1 unspecified atom stereocenters. The highest BCUT2D eigenvalue weighted by Gasteiger charge is 2.15. The second-order valence-corrected chi connectivity index (χ2v) is 5.63. The van der Waals surface area contributed by atoms with Crippen molar-refractivity contribution in [3.05, 3.63) is 0 Å². The monoisotopic (exact) mass is 258 g/mol. The first-order valence-electron chi connectivity index (χ1n) is 7.09. The Kier molecular flexibility index (Phi) is 8.81. The number of hydrogen-bond acceptors (Lipinski definition) is 3. The van der Waals surface area contributed by atoms with E-state index in [1.54, 1.807) is 0 Å². The molecule has 108 valence electrons. The topological polar surface area (TPSA) is 50.4 Å². The summed E-state index contributed by atoms with van der Waals surface area (Å²) in [6.45, 7) is 11.4. The van der Waals surface area contributed by atoms with Crippen molar-refractivity contribution >= 4 is 6.09 Å². The lowest BCUT2D eigenvalue weighted by Gasteiger charge is -2.20. The van der Waals surface area contributed by atoms with E-state index in [-0.39, 0.29) is 6.09 Å². The van der Waals surface area contributed by atoms with E-state index >= 15 is 0 Å². The maximum absolute atomic E-state index is 11.4. The molecule has 0 aromatic rings. The quantitative estimate of drug-likeness (QED) is 0.658. The minimum atomic E-state index is -0.426. The molecule has 4 heteroatoms. The van der Waals surface area contributed by atoms with Crippen LogP contribution in [0.3, 0.4) is 0 Å². The Balaban J connectivity index is 3.62. The average Bonchev–Trinajstić information content (AvgIpc) is 2.26.